The summed E-state index contributed by atoms with van der Waals surface area (Å²) in [4.78, 5) is 0. The molecule has 4 rings (SSSR count). The summed E-state index contributed by atoms with van der Waals surface area (Å²) in [6, 6.07) is 0.319. The molecule has 0 spiro atoms. The van der Waals surface area contributed by atoms with Crippen LogP contribution in [0.15, 0.2) is 0 Å². The van der Waals surface area contributed by atoms with Gasteiger partial charge in [0.25, 0.3) is 0 Å². The van der Waals surface area contributed by atoms with Crippen molar-refractivity contribution in [3.8, 4) is 0 Å². The normalized spacial score (nSPS) is 58.5. The van der Waals surface area contributed by atoms with Gasteiger partial charge in [0.1, 0.15) is 0 Å². The zero-order valence-corrected chi connectivity index (χ0v) is 16.5. The lowest BCUT2D eigenvalue weighted by molar-refractivity contribution is -0.146. The van der Waals surface area contributed by atoms with Crippen LogP contribution < -0.4 is 11.5 Å². The smallest absolute Gasteiger partial charge is 0.0224 e. The van der Waals surface area contributed by atoms with Gasteiger partial charge in [0, 0.05) is 11.6 Å². The summed E-state index contributed by atoms with van der Waals surface area (Å²) in [5.74, 6) is 3.84. The van der Waals surface area contributed by atoms with Crippen LogP contribution in [0, 0.1) is 40.4 Å². The van der Waals surface area contributed by atoms with Gasteiger partial charge in [0.2, 0.25) is 0 Å². The maximum Gasteiger partial charge on any atom is 0.0224 e. The van der Waals surface area contributed by atoms with Gasteiger partial charge in [-0.1, -0.05) is 33.6 Å². The highest BCUT2D eigenvalue weighted by molar-refractivity contribution is 5.19. The van der Waals surface area contributed by atoms with Crippen molar-refractivity contribution >= 4 is 0 Å². The van der Waals surface area contributed by atoms with Crippen molar-refractivity contribution in [3.63, 3.8) is 0 Å². The lowest BCUT2D eigenvalue weighted by atomic mass is 9.40. The second kappa shape index (κ2) is 5.46. The Bertz CT molecular complexity index is 502. The number of fused-ring (bicyclic) bond motifs is 5. The van der Waals surface area contributed by atoms with Crippen LogP contribution >= 0.6 is 0 Å². The fourth-order valence-electron chi connectivity index (χ4n) is 9.02. The van der Waals surface area contributed by atoms with Crippen molar-refractivity contribution in [2.75, 3.05) is 0 Å². The standard InChI is InChI=1S/C22H40N2/c1-14-13-22(24)18-9-8-17(15(2)23)21(18,4)12-10-19(22)20(3)11-6-5-7-16(14)20/h14-19H,5-13,23-24H2,1-4H3/t14-,15?,16?,17?,18?,19?,20?,21?,22?/m0/s1. The maximum atomic E-state index is 7.44. The lowest BCUT2D eigenvalue weighted by Gasteiger charge is -2.67. The van der Waals surface area contributed by atoms with E-state index in [0.717, 1.165) is 17.8 Å². The minimum atomic E-state index is 0.0681. The molecule has 2 nitrogen and oxygen atoms in total. The SMILES string of the molecule is CC(N)C1CCC2C1(C)CCC1C3(C)CCCCC3[C@@H](C)CC21N. The van der Waals surface area contributed by atoms with E-state index < -0.39 is 0 Å². The van der Waals surface area contributed by atoms with E-state index in [2.05, 4.69) is 27.7 Å². The van der Waals surface area contributed by atoms with E-state index >= 15 is 0 Å². The van der Waals surface area contributed by atoms with Gasteiger partial charge in [0.15, 0.2) is 0 Å². The van der Waals surface area contributed by atoms with Gasteiger partial charge in [-0.2, -0.15) is 0 Å². The van der Waals surface area contributed by atoms with Crippen LogP contribution in [0.25, 0.3) is 0 Å². The number of hydrogen-bond acceptors (Lipinski definition) is 2. The Kier molecular flexibility index (Phi) is 3.94. The number of hydrogen-bond donors (Lipinski definition) is 2. The summed E-state index contributed by atoms with van der Waals surface area (Å²) in [6.45, 7) is 9.92. The van der Waals surface area contributed by atoms with Gasteiger partial charge in [-0.3, -0.25) is 0 Å². The molecule has 8 unspecified atom stereocenters. The molecule has 0 aliphatic heterocycles. The fourth-order valence-corrected chi connectivity index (χ4v) is 9.02. The van der Waals surface area contributed by atoms with Crippen molar-refractivity contribution in [2.45, 2.75) is 97.1 Å². The molecule has 4 aliphatic rings. The number of nitrogens with two attached hydrogens (primary N) is 2. The monoisotopic (exact) mass is 332 g/mol. The zero-order chi connectivity index (χ0) is 17.3. The molecule has 4 saturated carbocycles. The highest BCUT2D eigenvalue weighted by atomic mass is 14.9. The first-order valence-electron chi connectivity index (χ1n) is 10.8. The van der Waals surface area contributed by atoms with E-state index in [0.29, 0.717) is 28.7 Å². The summed E-state index contributed by atoms with van der Waals surface area (Å²) in [6.07, 6.45) is 12.4. The Morgan fingerprint density at radius 3 is 2.33 bits per heavy atom. The average molecular weight is 333 g/mol. The predicted molar refractivity (Wildman–Crippen MR) is 101 cm³/mol. The molecule has 0 aromatic carbocycles. The molecule has 4 fully saturated rings. The Balaban J connectivity index is 1.72. The van der Waals surface area contributed by atoms with E-state index in [1.54, 1.807) is 0 Å². The molecule has 0 saturated heterocycles. The number of rotatable bonds is 1. The van der Waals surface area contributed by atoms with Crippen LogP contribution in [0.2, 0.25) is 0 Å². The van der Waals surface area contributed by atoms with E-state index in [1.807, 2.05) is 0 Å². The average Bonchev–Trinajstić information content (AvgIpc) is 2.85. The largest absolute Gasteiger partial charge is 0.328 e. The van der Waals surface area contributed by atoms with Crippen LogP contribution in [0.1, 0.15) is 85.5 Å². The molecule has 0 bridgehead atoms. The second-order valence-electron chi connectivity index (χ2n) is 10.8. The van der Waals surface area contributed by atoms with E-state index in [-0.39, 0.29) is 5.54 Å². The summed E-state index contributed by atoms with van der Waals surface area (Å²) in [5.41, 5.74) is 14.8. The molecule has 9 atom stereocenters. The molecule has 0 aromatic rings. The topological polar surface area (TPSA) is 52.0 Å². The fraction of sp³-hybridized carbons (Fsp3) is 1.00. The highest BCUT2D eigenvalue weighted by Crippen LogP contribution is 2.69. The molecule has 0 aromatic heterocycles. The first-order valence-corrected chi connectivity index (χ1v) is 10.8. The molecule has 2 heteroatoms. The first kappa shape index (κ1) is 17.3. The van der Waals surface area contributed by atoms with E-state index in [9.17, 15) is 0 Å². The van der Waals surface area contributed by atoms with Crippen molar-refractivity contribution < 1.29 is 0 Å². The van der Waals surface area contributed by atoms with Gasteiger partial charge in [-0.25, -0.2) is 0 Å². The third-order valence-corrected chi connectivity index (χ3v) is 9.80. The van der Waals surface area contributed by atoms with Gasteiger partial charge in [-0.15, -0.1) is 0 Å². The van der Waals surface area contributed by atoms with Crippen LogP contribution in [-0.4, -0.2) is 11.6 Å². The highest BCUT2D eigenvalue weighted by Gasteiger charge is 2.66. The second-order valence-corrected chi connectivity index (χ2v) is 10.8. The third-order valence-electron chi connectivity index (χ3n) is 9.80. The van der Waals surface area contributed by atoms with Crippen molar-refractivity contribution in [1.29, 1.82) is 0 Å². The first-order chi connectivity index (χ1) is 11.2. The summed E-state index contributed by atoms with van der Waals surface area (Å²) < 4.78 is 0. The van der Waals surface area contributed by atoms with Gasteiger partial charge >= 0.3 is 0 Å². The lowest BCUT2D eigenvalue weighted by Crippen LogP contribution is -2.69. The van der Waals surface area contributed by atoms with Crippen molar-refractivity contribution in [2.24, 2.45) is 51.9 Å². The minimum Gasteiger partial charge on any atom is -0.328 e. The minimum absolute atomic E-state index is 0.0681. The third kappa shape index (κ3) is 2.08. The van der Waals surface area contributed by atoms with E-state index in [1.165, 1.54) is 57.8 Å². The summed E-state index contributed by atoms with van der Waals surface area (Å²) in [7, 11) is 0. The Morgan fingerprint density at radius 1 is 0.917 bits per heavy atom. The molecular weight excluding hydrogens is 292 g/mol. The summed E-state index contributed by atoms with van der Waals surface area (Å²) >= 11 is 0. The molecule has 4 N–H and O–H groups in total. The Labute approximate surface area is 149 Å². The molecule has 0 radical (unpaired) electrons. The van der Waals surface area contributed by atoms with Crippen LogP contribution in [-0.2, 0) is 0 Å². The van der Waals surface area contributed by atoms with Gasteiger partial charge in [-0.05, 0) is 92.3 Å². The predicted octanol–water partition coefficient (Wildman–Crippen LogP) is 4.71. The van der Waals surface area contributed by atoms with Crippen LogP contribution in [0.5, 0.6) is 0 Å². The Morgan fingerprint density at radius 2 is 1.62 bits per heavy atom. The molecule has 0 heterocycles. The van der Waals surface area contributed by atoms with E-state index in [4.69, 9.17) is 11.5 Å². The van der Waals surface area contributed by atoms with Gasteiger partial charge < -0.3 is 11.5 Å². The quantitative estimate of drug-likeness (QED) is 0.730. The molecule has 4 aliphatic carbocycles. The Hall–Kier alpha value is -0.0800. The van der Waals surface area contributed by atoms with Crippen LogP contribution in [0.4, 0.5) is 0 Å². The molecular formula is C22H40N2. The molecule has 0 amide bonds. The maximum absolute atomic E-state index is 7.44. The van der Waals surface area contributed by atoms with Crippen LogP contribution in [0.3, 0.4) is 0 Å². The molecule has 24 heavy (non-hydrogen) atoms. The van der Waals surface area contributed by atoms with Crippen molar-refractivity contribution in [1.82, 2.24) is 0 Å². The summed E-state index contributed by atoms with van der Waals surface area (Å²) in [5, 5.41) is 0. The zero-order valence-electron chi connectivity index (χ0n) is 16.5. The van der Waals surface area contributed by atoms with Crippen molar-refractivity contribution in [3.05, 3.63) is 0 Å². The van der Waals surface area contributed by atoms with Gasteiger partial charge in [0.05, 0.1) is 0 Å². The molecule has 138 valence electrons.